The summed E-state index contributed by atoms with van der Waals surface area (Å²) in [6.45, 7) is 5.90. The third-order valence-electron chi connectivity index (χ3n) is 2.65. The first-order chi connectivity index (χ1) is 7.63. The van der Waals surface area contributed by atoms with Gasteiger partial charge in [0.2, 0.25) is 0 Å². The lowest BCUT2D eigenvalue weighted by molar-refractivity contribution is 0.0800. The summed E-state index contributed by atoms with van der Waals surface area (Å²) in [6.07, 6.45) is 0. The van der Waals surface area contributed by atoms with E-state index in [9.17, 15) is 0 Å². The molecule has 0 saturated heterocycles. The normalized spacial score (nSPS) is 13.1. The van der Waals surface area contributed by atoms with Crippen LogP contribution in [0.15, 0.2) is 24.3 Å². The van der Waals surface area contributed by atoms with Crippen LogP contribution in [-0.4, -0.2) is 11.9 Å². The largest absolute Gasteiger partial charge is 0.376 e. The average molecular weight is 306 g/mol. The number of hydrogen-bond donors (Lipinski definition) is 0. The molecule has 1 aromatic carbocycles. The van der Waals surface area contributed by atoms with Gasteiger partial charge in [0, 0.05) is 10.4 Å². The summed E-state index contributed by atoms with van der Waals surface area (Å²) in [6, 6.07) is 7.79. The molecular weight excluding hydrogens is 287 g/mol. The molecule has 0 bridgehead atoms. The van der Waals surface area contributed by atoms with Crippen molar-refractivity contribution in [1.29, 1.82) is 0 Å². The van der Waals surface area contributed by atoms with Crippen LogP contribution in [-0.2, 0) is 11.3 Å². The number of hydrogen-bond acceptors (Lipinski definition) is 1. The van der Waals surface area contributed by atoms with Crippen LogP contribution in [0.25, 0.3) is 0 Å². The molecule has 1 nitrogen and oxygen atoms in total. The lowest BCUT2D eigenvalue weighted by Crippen LogP contribution is -2.17. The molecule has 0 aliphatic heterocycles. The van der Waals surface area contributed by atoms with Crippen LogP contribution in [0, 0.1) is 11.8 Å². The van der Waals surface area contributed by atoms with E-state index in [0.717, 1.165) is 17.0 Å². The maximum absolute atomic E-state index is 5.81. The van der Waals surface area contributed by atoms with Crippen molar-refractivity contribution in [3.8, 4) is 0 Å². The quantitative estimate of drug-likeness (QED) is 0.702. The number of alkyl halides is 1. The molecule has 16 heavy (non-hydrogen) atoms. The zero-order valence-corrected chi connectivity index (χ0v) is 12.1. The van der Waals surface area contributed by atoms with E-state index in [1.54, 1.807) is 0 Å². The molecule has 0 fully saturated rings. The van der Waals surface area contributed by atoms with Gasteiger partial charge in [-0.15, -0.1) is 0 Å². The molecule has 3 heteroatoms. The molecule has 0 saturated carbocycles. The highest BCUT2D eigenvalue weighted by Crippen LogP contribution is 2.15. The number of benzene rings is 1. The van der Waals surface area contributed by atoms with Gasteiger partial charge in [-0.1, -0.05) is 53.5 Å². The molecule has 0 heterocycles. The van der Waals surface area contributed by atoms with Gasteiger partial charge in [-0.3, -0.25) is 0 Å². The van der Waals surface area contributed by atoms with Crippen molar-refractivity contribution in [1.82, 2.24) is 0 Å². The third-order valence-corrected chi connectivity index (χ3v) is 3.74. The highest BCUT2D eigenvalue weighted by molar-refractivity contribution is 9.09. The van der Waals surface area contributed by atoms with Crippen molar-refractivity contribution < 1.29 is 4.74 Å². The molecule has 1 atom stereocenters. The van der Waals surface area contributed by atoms with Crippen LogP contribution in [0.2, 0.25) is 5.02 Å². The Balaban J connectivity index is 2.32. The van der Waals surface area contributed by atoms with Gasteiger partial charge in [-0.2, -0.15) is 0 Å². The summed E-state index contributed by atoms with van der Waals surface area (Å²) in [4.78, 5) is 0. The summed E-state index contributed by atoms with van der Waals surface area (Å²) in [5.74, 6) is 1.22. The Bertz CT molecular complexity index is 297. The molecule has 1 aromatic rings. The molecular formula is C13H18BrClO. The Hall–Kier alpha value is -0.0500. The fourth-order valence-corrected chi connectivity index (χ4v) is 2.38. The SMILES string of the molecule is CC(C)C(CBr)COCc1ccc(Cl)cc1. The van der Waals surface area contributed by atoms with E-state index in [2.05, 4.69) is 29.8 Å². The van der Waals surface area contributed by atoms with E-state index in [1.807, 2.05) is 24.3 Å². The van der Waals surface area contributed by atoms with Crippen LogP contribution in [0.1, 0.15) is 19.4 Å². The van der Waals surface area contributed by atoms with Crippen LogP contribution < -0.4 is 0 Å². The van der Waals surface area contributed by atoms with Crippen molar-refractivity contribution in [2.75, 3.05) is 11.9 Å². The number of halogens is 2. The second kappa shape index (κ2) is 7.31. The summed E-state index contributed by atoms with van der Waals surface area (Å²) < 4.78 is 5.70. The van der Waals surface area contributed by atoms with Crippen LogP contribution >= 0.6 is 27.5 Å². The van der Waals surface area contributed by atoms with Crippen molar-refractivity contribution in [2.45, 2.75) is 20.5 Å². The van der Waals surface area contributed by atoms with Gasteiger partial charge in [0.05, 0.1) is 13.2 Å². The first-order valence-corrected chi connectivity index (χ1v) is 7.01. The minimum absolute atomic E-state index is 0.576. The molecule has 90 valence electrons. The highest BCUT2D eigenvalue weighted by Gasteiger charge is 2.11. The Morgan fingerprint density at radius 1 is 1.25 bits per heavy atom. The molecule has 1 rings (SSSR count). The van der Waals surface area contributed by atoms with Crippen molar-refractivity contribution in [2.24, 2.45) is 11.8 Å². The zero-order valence-electron chi connectivity index (χ0n) is 9.75. The van der Waals surface area contributed by atoms with Gasteiger partial charge in [-0.05, 0) is 29.5 Å². The van der Waals surface area contributed by atoms with Crippen LogP contribution in [0.5, 0.6) is 0 Å². The van der Waals surface area contributed by atoms with Crippen LogP contribution in [0.3, 0.4) is 0 Å². The Morgan fingerprint density at radius 3 is 2.38 bits per heavy atom. The highest BCUT2D eigenvalue weighted by atomic mass is 79.9. The second-order valence-electron chi connectivity index (χ2n) is 4.30. The maximum Gasteiger partial charge on any atom is 0.0717 e. The predicted octanol–water partition coefficient (Wildman–Crippen LogP) is 4.52. The lowest BCUT2D eigenvalue weighted by atomic mass is 9.99. The summed E-state index contributed by atoms with van der Waals surface area (Å²) in [5.41, 5.74) is 1.17. The van der Waals surface area contributed by atoms with Gasteiger partial charge in [0.1, 0.15) is 0 Å². The van der Waals surface area contributed by atoms with Gasteiger partial charge in [0.15, 0.2) is 0 Å². The summed E-state index contributed by atoms with van der Waals surface area (Å²) in [7, 11) is 0. The molecule has 0 radical (unpaired) electrons. The Labute approximate surface area is 111 Å². The molecule has 0 aliphatic rings. The molecule has 0 N–H and O–H groups in total. The summed E-state index contributed by atoms with van der Waals surface area (Å²) in [5, 5.41) is 1.76. The molecule has 0 spiro atoms. The number of rotatable bonds is 6. The van der Waals surface area contributed by atoms with Gasteiger partial charge in [-0.25, -0.2) is 0 Å². The van der Waals surface area contributed by atoms with Gasteiger partial charge < -0.3 is 4.74 Å². The number of ether oxygens (including phenoxy) is 1. The maximum atomic E-state index is 5.81. The monoisotopic (exact) mass is 304 g/mol. The van der Waals surface area contributed by atoms with Crippen molar-refractivity contribution in [3.05, 3.63) is 34.9 Å². The average Bonchev–Trinajstić information content (AvgIpc) is 2.26. The van der Waals surface area contributed by atoms with Crippen molar-refractivity contribution >= 4 is 27.5 Å². The molecule has 1 unspecified atom stereocenters. The minimum atomic E-state index is 0.576. The first kappa shape index (κ1) is 14.0. The lowest BCUT2D eigenvalue weighted by Gasteiger charge is -2.18. The van der Waals surface area contributed by atoms with E-state index in [4.69, 9.17) is 16.3 Å². The minimum Gasteiger partial charge on any atom is -0.376 e. The molecule has 0 aromatic heterocycles. The fraction of sp³-hybridized carbons (Fsp3) is 0.538. The van der Waals surface area contributed by atoms with Crippen molar-refractivity contribution in [3.63, 3.8) is 0 Å². The van der Waals surface area contributed by atoms with E-state index < -0.39 is 0 Å². The van der Waals surface area contributed by atoms with E-state index >= 15 is 0 Å². The Kier molecular flexibility index (Phi) is 6.40. The predicted molar refractivity (Wildman–Crippen MR) is 73.2 cm³/mol. The van der Waals surface area contributed by atoms with Crippen LogP contribution in [0.4, 0.5) is 0 Å². The standard InChI is InChI=1S/C13H18BrClO/c1-10(2)12(7-14)9-16-8-11-3-5-13(15)6-4-11/h3-6,10,12H,7-9H2,1-2H3. The van der Waals surface area contributed by atoms with Gasteiger partial charge >= 0.3 is 0 Å². The first-order valence-electron chi connectivity index (χ1n) is 5.51. The summed E-state index contributed by atoms with van der Waals surface area (Å²) >= 11 is 9.33. The molecule has 0 amide bonds. The second-order valence-corrected chi connectivity index (χ2v) is 5.38. The Morgan fingerprint density at radius 2 is 1.88 bits per heavy atom. The molecule has 0 aliphatic carbocycles. The zero-order chi connectivity index (χ0) is 12.0. The fourth-order valence-electron chi connectivity index (χ4n) is 1.32. The smallest absolute Gasteiger partial charge is 0.0717 e. The van der Waals surface area contributed by atoms with Gasteiger partial charge in [0.25, 0.3) is 0 Å². The van der Waals surface area contributed by atoms with E-state index in [-0.39, 0.29) is 0 Å². The third kappa shape index (κ3) is 4.86. The van der Waals surface area contributed by atoms with E-state index in [0.29, 0.717) is 18.4 Å². The topological polar surface area (TPSA) is 9.23 Å². The van der Waals surface area contributed by atoms with E-state index in [1.165, 1.54) is 5.56 Å².